The number of morpholine rings is 1. The second-order valence-corrected chi connectivity index (χ2v) is 8.68. The molecule has 0 radical (unpaired) electrons. The molecule has 0 spiro atoms. The van der Waals surface area contributed by atoms with Crippen molar-refractivity contribution in [3.8, 4) is 0 Å². The monoisotopic (exact) mass is 431 g/mol. The number of thiazole rings is 2. The Morgan fingerprint density at radius 3 is 2.72 bits per heavy atom. The first-order chi connectivity index (χ1) is 14.1. The molecule has 1 fully saturated rings. The van der Waals surface area contributed by atoms with Gasteiger partial charge in [-0.1, -0.05) is 23.5 Å². The van der Waals surface area contributed by atoms with Crippen LogP contribution in [0.2, 0.25) is 0 Å². The Labute approximate surface area is 175 Å². The van der Waals surface area contributed by atoms with E-state index < -0.39 is 0 Å². The van der Waals surface area contributed by atoms with Gasteiger partial charge >= 0.3 is 0 Å². The Kier molecular flexibility index (Phi) is 6.02. The number of hydrazine groups is 1. The van der Waals surface area contributed by atoms with Crippen LogP contribution in [0.15, 0.2) is 24.3 Å². The number of nitrogens with zero attached hydrogens (tertiary/aromatic N) is 3. The molecule has 8 nitrogen and oxygen atoms in total. The van der Waals surface area contributed by atoms with Crippen LogP contribution in [0, 0.1) is 6.92 Å². The Hall–Kier alpha value is -2.56. The first-order valence-corrected chi connectivity index (χ1v) is 11.0. The van der Waals surface area contributed by atoms with Crippen LogP contribution in [0.4, 0.5) is 5.13 Å². The number of fused-ring (bicyclic) bond motifs is 1. The van der Waals surface area contributed by atoms with Gasteiger partial charge in [-0.25, -0.2) is 9.97 Å². The zero-order chi connectivity index (χ0) is 20.2. The third-order valence-corrected chi connectivity index (χ3v) is 6.81. The van der Waals surface area contributed by atoms with Crippen LogP contribution in [0.3, 0.4) is 0 Å². The third kappa shape index (κ3) is 4.72. The summed E-state index contributed by atoms with van der Waals surface area (Å²) in [4.78, 5) is 36.2. The van der Waals surface area contributed by atoms with Crippen LogP contribution in [0.5, 0.6) is 0 Å². The van der Waals surface area contributed by atoms with E-state index in [4.69, 9.17) is 4.74 Å². The Morgan fingerprint density at radius 2 is 1.93 bits per heavy atom. The number of anilines is 1. The molecule has 0 unspecified atom stereocenters. The van der Waals surface area contributed by atoms with E-state index in [0.717, 1.165) is 33.4 Å². The molecule has 2 amide bonds. The fraction of sp³-hybridized carbons (Fsp3) is 0.368. The minimum Gasteiger partial charge on any atom is -0.378 e. The van der Waals surface area contributed by atoms with Crippen molar-refractivity contribution in [3.63, 3.8) is 0 Å². The molecule has 152 valence electrons. The van der Waals surface area contributed by atoms with Crippen molar-refractivity contribution in [3.05, 3.63) is 39.8 Å². The van der Waals surface area contributed by atoms with Crippen molar-refractivity contribution in [1.29, 1.82) is 0 Å². The van der Waals surface area contributed by atoms with Crippen molar-refractivity contribution in [2.75, 3.05) is 31.2 Å². The SMILES string of the molecule is Cc1nc(N2CCOCC2)sc1C(=O)NNC(=O)CCc1nc2ccccc2s1. The molecule has 0 atom stereocenters. The molecule has 4 rings (SSSR count). The fourth-order valence-corrected chi connectivity index (χ4v) is 4.96. The summed E-state index contributed by atoms with van der Waals surface area (Å²) in [5.74, 6) is -0.610. The van der Waals surface area contributed by atoms with Crippen molar-refractivity contribution >= 4 is 49.8 Å². The second-order valence-electron chi connectivity index (χ2n) is 6.59. The fourth-order valence-electron chi connectivity index (χ4n) is 2.98. The number of aromatic nitrogens is 2. The number of ether oxygens (including phenoxy) is 1. The molecule has 1 aliphatic rings. The number of aryl methyl sites for hydroxylation is 2. The average Bonchev–Trinajstić information content (AvgIpc) is 3.34. The van der Waals surface area contributed by atoms with Gasteiger partial charge in [-0.3, -0.25) is 20.4 Å². The first kappa shape index (κ1) is 19.7. The number of hydrogen-bond acceptors (Lipinski definition) is 8. The maximum absolute atomic E-state index is 12.4. The van der Waals surface area contributed by atoms with Gasteiger partial charge < -0.3 is 9.64 Å². The van der Waals surface area contributed by atoms with Crippen LogP contribution < -0.4 is 15.8 Å². The summed E-state index contributed by atoms with van der Waals surface area (Å²) in [6.07, 6.45) is 0.780. The number of hydrogen-bond donors (Lipinski definition) is 2. The zero-order valence-electron chi connectivity index (χ0n) is 15.9. The van der Waals surface area contributed by atoms with Gasteiger partial charge in [0.2, 0.25) is 5.91 Å². The Morgan fingerprint density at radius 1 is 1.14 bits per heavy atom. The van der Waals surface area contributed by atoms with Crippen molar-refractivity contribution in [2.45, 2.75) is 19.8 Å². The lowest BCUT2D eigenvalue weighted by molar-refractivity contribution is -0.121. The van der Waals surface area contributed by atoms with E-state index in [1.165, 1.54) is 11.3 Å². The largest absolute Gasteiger partial charge is 0.378 e. The molecule has 0 bridgehead atoms. The quantitative estimate of drug-likeness (QED) is 0.602. The summed E-state index contributed by atoms with van der Waals surface area (Å²) in [6, 6.07) is 7.88. The maximum atomic E-state index is 12.4. The van der Waals surface area contributed by atoms with Gasteiger partial charge in [-0.05, 0) is 19.1 Å². The minimum absolute atomic E-state index is 0.251. The number of rotatable bonds is 5. The van der Waals surface area contributed by atoms with Crippen LogP contribution >= 0.6 is 22.7 Å². The number of amides is 2. The smallest absolute Gasteiger partial charge is 0.281 e. The predicted molar refractivity (Wildman–Crippen MR) is 113 cm³/mol. The standard InChI is InChI=1S/C19H21N5O3S2/c1-12-17(29-19(20-12)24-8-10-27-11-9-24)18(26)23-22-15(25)6-7-16-21-13-4-2-3-5-14(13)28-16/h2-5H,6-11H2,1H3,(H,22,25)(H,23,26). The zero-order valence-corrected chi connectivity index (χ0v) is 17.6. The lowest BCUT2D eigenvalue weighted by Crippen LogP contribution is -2.41. The van der Waals surface area contributed by atoms with Crippen LogP contribution in [0.25, 0.3) is 10.2 Å². The highest BCUT2D eigenvalue weighted by Crippen LogP contribution is 2.26. The summed E-state index contributed by atoms with van der Waals surface area (Å²) >= 11 is 2.91. The highest BCUT2D eigenvalue weighted by molar-refractivity contribution is 7.18. The Balaban J connectivity index is 1.28. The average molecular weight is 432 g/mol. The highest BCUT2D eigenvalue weighted by atomic mass is 32.1. The molecule has 0 aliphatic carbocycles. The normalized spacial score (nSPS) is 14.2. The molecule has 2 aromatic heterocycles. The topological polar surface area (TPSA) is 96.5 Å². The number of carbonyl (C=O) groups excluding carboxylic acids is 2. The molecule has 3 heterocycles. The van der Waals surface area contributed by atoms with E-state index in [1.807, 2.05) is 24.3 Å². The summed E-state index contributed by atoms with van der Waals surface area (Å²) in [5, 5.41) is 1.71. The van der Waals surface area contributed by atoms with Gasteiger partial charge in [0.1, 0.15) is 4.88 Å². The van der Waals surface area contributed by atoms with E-state index >= 15 is 0 Å². The molecule has 1 aliphatic heterocycles. The van der Waals surface area contributed by atoms with Gasteiger partial charge in [0.15, 0.2) is 5.13 Å². The van der Waals surface area contributed by atoms with E-state index in [9.17, 15) is 9.59 Å². The summed E-state index contributed by atoms with van der Waals surface area (Å²) < 4.78 is 6.45. The molecule has 1 aromatic carbocycles. The minimum atomic E-state index is -0.354. The van der Waals surface area contributed by atoms with Gasteiger partial charge in [-0.2, -0.15) is 0 Å². The van der Waals surface area contributed by atoms with Gasteiger partial charge in [0.05, 0.1) is 34.1 Å². The molecule has 1 saturated heterocycles. The molecular weight excluding hydrogens is 410 g/mol. The second kappa shape index (κ2) is 8.85. The predicted octanol–water partition coefficient (Wildman–Crippen LogP) is 2.29. The van der Waals surface area contributed by atoms with Crippen molar-refractivity contribution < 1.29 is 14.3 Å². The van der Waals surface area contributed by atoms with Gasteiger partial charge in [-0.15, -0.1) is 11.3 Å². The number of para-hydroxylation sites is 1. The van der Waals surface area contributed by atoms with E-state index in [-0.39, 0.29) is 18.2 Å². The van der Waals surface area contributed by atoms with Crippen LogP contribution in [0.1, 0.15) is 26.8 Å². The molecule has 0 saturated carbocycles. The number of carbonyl (C=O) groups is 2. The van der Waals surface area contributed by atoms with Crippen molar-refractivity contribution in [1.82, 2.24) is 20.8 Å². The Bertz CT molecular complexity index is 993. The summed E-state index contributed by atoms with van der Waals surface area (Å²) in [7, 11) is 0. The molecule has 29 heavy (non-hydrogen) atoms. The first-order valence-electron chi connectivity index (χ1n) is 9.34. The summed E-state index contributed by atoms with van der Waals surface area (Å²) in [6.45, 7) is 4.63. The summed E-state index contributed by atoms with van der Waals surface area (Å²) in [5.41, 5.74) is 6.57. The van der Waals surface area contributed by atoms with Gasteiger partial charge in [0.25, 0.3) is 5.91 Å². The highest BCUT2D eigenvalue weighted by Gasteiger charge is 2.20. The van der Waals surface area contributed by atoms with E-state index in [2.05, 4.69) is 25.7 Å². The molecular formula is C19H21N5O3S2. The third-order valence-electron chi connectivity index (χ3n) is 4.49. The molecule has 2 N–H and O–H groups in total. The lowest BCUT2D eigenvalue weighted by atomic mass is 10.3. The lowest BCUT2D eigenvalue weighted by Gasteiger charge is -2.25. The number of nitrogens with one attached hydrogen (secondary N) is 2. The van der Waals surface area contributed by atoms with E-state index in [0.29, 0.717) is 30.2 Å². The number of benzene rings is 1. The van der Waals surface area contributed by atoms with Crippen molar-refractivity contribution in [2.24, 2.45) is 0 Å². The van der Waals surface area contributed by atoms with E-state index in [1.54, 1.807) is 18.3 Å². The van der Waals surface area contributed by atoms with Gasteiger partial charge in [0, 0.05) is 25.9 Å². The van der Waals surface area contributed by atoms with Crippen LogP contribution in [-0.2, 0) is 16.0 Å². The van der Waals surface area contributed by atoms with Crippen LogP contribution in [-0.4, -0.2) is 48.1 Å². The molecule has 3 aromatic rings. The maximum Gasteiger partial charge on any atom is 0.281 e. The molecule has 10 heteroatoms.